The Hall–Kier alpha value is -2.18. The highest BCUT2D eigenvalue weighted by molar-refractivity contribution is 5.93. The van der Waals surface area contributed by atoms with Crippen LogP contribution in [0.15, 0.2) is 25.0 Å². The molecule has 0 radical (unpaired) electrons. The number of carbonyl (C=O) groups is 1. The first kappa shape index (κ1) is 14.7. The number of aromatic nitrogens is 5. The second-order valence-electron chi connectivity index (χ2n) is 6.77. The summed E-state index contributed by atoms with van der Waals surface area (Å²) in [5, 5.41) is 8.51. The van der Waals surface area contributed by atoms with Crippen LogP contribution in [-0.2, 0) is 5.54 Å². The molecule has 7 nitrogen and oxygen atoms in total. The fourth-order valence-electron chi connectivity index (χ4n) is 2.74. The van der Waals surface area contributed by atoms with Crippen LogP contribution in [0.3, 0.4) is 0 Å². The van der Waals surface area contributed by atoms with Gasteiger partial charge in [0.1, 0.15) is 12.7 Å². The third-order valence-electron chi connectivity index (χ3n) is 4.01. The van der Waals surface area contributed by atoms with Gasteiger partial charge in [-0.1, -0.05) is 0 Å². The van der Waals surface area contributed by atoms with Gasteiger partial charge in [-0.3, -0.25) is 9.48 Å². The Morgan fingerprint density at radius 1 is 1.32 bits per heavy atom. The average molecular weight is 302 g/mol. The molecule has 7 heteroatoms. The number of rotatable bonds is 2. The lowest BCUT2D eigenvalue weighted by molar-refractivity contribution is 0.0672. The molecule has 2 aromatic heterocycles. The summed E-state index contributed by atoms with van der Waals surface area (Å²) in [4.78, 5) is 18.6. The van der Waals surface area contributed by atoms with Crippen molar-refractivity contribution >= 4 is 5.91 Å². The predicted molar refractivity (Wildman–Crippen MR) is 81.4 cm³/mol. The van der Waals surface area contributed by atoms with Gasteiger partial charge in [-0.05, 0) is 33.6 Å². The van der Waals surface area contributed by atoms with Gasteiger partial charge in [-0.15, -0.1) is 0 Å². The minimum Gasteiger partial charge on any atom is -0.336 e. The molecule has 1 fully saturated rings. The van der Waals surface area contributed by atoms with Crippen LogP contribution in [0.25, 0.3) is 0 Å². The molecular weight excluding hydrogens is 280 g/mol. The highest BCUT2D eigenvalue weighted by Gasteiger charge is 2.27. The largest absolute Gasteiger partial charge is 0.336 e. The maximum absolute atomic E-state index is 12.7. The van der Waals surface area contributed by atoms with Crippen molar-refractivity contribution in [2.75, 3.05) is 13.1 Å². The van der Waals surface area contributed by atoms with Gasteiger partial charge in [0.15, 0.2) is 0 Å². The molecule has 0 aliphatic carbocycles. The predicted octanol–water partition coefficient (Wildman–Crippen LogP) is 1.71. The third-order valence-corrected chi connectivity index (χ3v) is 4.01. The molecule has 118 valence electrons. The fraction of sp³-hybridized carbons (Fsp3) is 0.600. The Balaban J connectivity index is 1.73. The molecule has 1 aliphatic rings. The molecule has 0 unspecified atom stereocenters. The van der Waals surface area contributed by atoms with E-state index in [0.717, 1.165) is 19.4 Å². The molecule has 0 aromatic carbocycles. The van der Waals surface area contributed by atoms with E-state index in [1.54, 1.807) is 12.5 Å². The van der Waals surface area contributed by atoms with E-state index in [1.807, 2.05) is 20.5 Å². The SMILES string of the molecule is CC(C)(C)n1cc(C(=O)N2CCC[C@H](n3cncn3)C2)cn1. The van der Waals surface area contributed by atoms with Crippen LogP contribution >= 0.6 is 0 Å². The molecule has 1 saturated heterocycles. The van der Waals surface area contributed by atoms with Gasteiger partial charge in [-0.2, -0.15) is 10.2 Å². The first-order valence-electron chi connectivity index (χ1n) is 7.64. The Bertz CT molecular complexity index is 639. The number of hydrogen-bond acceptors (Lipinski definition) is 4. The van der Waals surface area contributed by atoms with Gasteiger partial charge in [-0.25, -0.2) is 9.67 Å². The Morgan fingerprint density at radius 2 is 2.14 bits per heavy atom. The maximum atomic E-state index is 12.7. The standard InChI is InChI=1S/C15H22N6O/c1-15(2,3)21-8-12(7-17-21)14(22)19-6-4-5-13(9-19)20-11-16-10-18-20/h7-8,10-11,13H,4-6,9H2,1-3H3/t13-/m0/s1. The molecule has 22 heavy (non-hydrogen) atoms. The lowest BCUT2D eigenvalue weighted by Gasteiger charge is -2.32. The van der Waals surface area contributed by atoms with E-state index in [4.69, 9.17) is 0 Å². The molecule has 3 rings (SSSR count). The molecule has 2 aromatic rings. The second-order valence-corrected chi connectivity index (χ2v) is 6.77. The van der Waals surface area contributed by atoms with Crippen LogP contribution in [-0.4, -0.2) is 48.4 Å². The van der Waals surface area contributed by atoms with Crippen LogP contribution in [0.5, 0.6) is 0 Å². The van der Waals surface area contributed by atoms with Crippen molar-refractivity contribution in [3.63, 3.8) is 0 Å². The third kappa shape index (κ3) is 2.88. The quantitative estimate of drug-likeness (QED) is 0.847. The summed E-state index contributed by atoms with van der Waals surface area (Å²) in [6.07, 6.45) is 8.75. The van der Waals surface area contributed by atoms with Crippen LogP contribution in [0, 0.1) is 0 Å². The monoisotopic (exact) mass is 302 g/mol. The summed E-state index contributed by atoms with van der Waals surface area (Å²) in [6.45, 7) is 7.65. The van der Waals surface area contributed by atoms with E-state index >= 15 is 0 Å². The Labute approximate surface area is 129 Å². The normalized spacial score (nSPS) is 19.4. The molecule has 1 aliphatic heterocycles. The molecule has 0 spiro atoms. The Kier molecular flexibility index (Phi) is 3.72. The zero-order valence-electron chi connectivity index (χ0n) is 13.3. The summed E-state index contributed by atoms with van der Waals surface area (Å²) < 4.78 is 3.68. The van der Waals surface area contributed by atoms with E-state index < -0.39 is 0 Å². The minimum absolute atomic E-state index is 0.0420. The van der Waals surface area contributed by atoms with Gasteiger partial charge in [0, 0.05) is 19.3 Å². The first-order valence-corrected chi connectivity index (χ1v) is 7.64. The van der Waals surface area contributed by atoms with Crippen molar-refractivity contribution in [1.82, 2.24) is 29.4 Å². The van der Waals surface area contributed by atoms with Crippen molar-refractivity contribution in [2.24, 2.45) is 0 Å². The second kappa shape index (κ2) is 5.55. The van der Waals surface area contributed by atoms with Gasteiger partial charge >= 0.3 is 0 Å². The summed E-state index contributed by atoms with van der Waals surface area (Å²) >= 11 is 0. The van der Waals surface area contributed by atoms with Crippen molar-refractivity contribution in [2.45, 2.75) is 45.2 Å². The van der Waals surface area contributed by atoms with Crippen LogP contribution < -0.4 is 0 Å². The highest BCUT2D eigenvalue weighted by Crippen LogP contribution is 2.22. The lowest BCUT2D eigenvalue weighted by Crippen LogP contribution is -2.40. The van der Waals surface area contributed by atoms with E-state index in [0.29, 0.717) is 12.1 Å². The summed E-state index contributed by atoms with van der Waals surface area (Å²) in [7, 11) is 0. The number of hydrogen-bond donors (Lipinski definition) is 0. The van der Waals surface area contributed by atoms with E-state index in [2.05, 4.69) is 36.0 Å². The number of amides is 1. The molecule has 0 N–H and O–H groups in total. The number of likely N-dealkylation sites (tertiary alicyclic amines) is 1. The van der Waals surface area contributed by atoms with Gasteiger partial charge in [0.25, 0.3) is 5.91 Å². The zero-order valence-corrected chi connectivity index (χ0v) is 13.3. The van der Waals surface area contributed by atoms with Gasteiger partial charge in [0.2, 0.25) is 0 Å². The van der Waals surface area contributed by atoms with Crippen molar-refractivity contribution in [3.8, 4) is 0 Å². The molecule has 3 heterocycles. The van der Waals surface area contributed by atoms with E-state index in [9.17, 15) is 4.79 Å². The molecule has 0 bridgehead atoms. The average Bonchev–Trinajstić information content (AvgIpc) is 3.17. The van der Waals surface area contributed by atoms with Gasteiger partial charge < -0.3 is 4.90 Å². The molecular formula is C15H22N6O. The number of nitrogens with zero attached hydrogens (tertiary/aromatic N) is 6. The van der Waals surface area contributed by atoms with Crippen LogP contribution in [0.4, 0.5) is 0 Å². The van der Waals surface area contributed by atoms with Crippen molar-refractivity contribution < 1.29 is 4.79 Å². The summed E-state index contributed by atoms with van der Waals surface area (Å²) in [6, 6.07) is 0.206. The van der Waals surface area contributed by atoms with Crippen molar-refractivity contribution in [3.05, 3.63) is 30.6 Å². The maximum Gasteiger partial charge on any atom is 0.257 e. The van der Waals surface area contributed by atoms with Crippen LogP contribution in [0.2, 0.25) is 0 Å². The Morgan fingerprint density at radius 3 is 2.77 bits per heavy atom. The highest BCUT2D eigenvalue weighted by atomic mass is 16.2. The minimum atomic E-state index is -0.121. The fourth-order valence-corrected chi connectivity index (χ4v) is 2.74. The van der Waals surface area contributed by atoms with Crippen LogP contribution in [0.1, 0.15) is 50.0 Å². The lowest BCUT2D eigenvalue weighted by atomic mass is 10.1. The van der Waals surface area contributed by atoms with Crippen molar-refractivity contribution in [1.29, 1.82) is 0 Å². The number of piperidine rings is 1. The van der Waals surface area contributed by atoms with Gasteiger partial charge in [0.05, 0.1) is 23.3 Å². The summed E-state index contributed by atoms with van der Waals surface area (Å²) in [5.74, 6) is 0.0420. The molecule has 1 amide bonds. The van der Waals surface area contributed by atoms with E-state index in [-0.39, 0.29) is 17.5 Å². The first-order chi connectivity index (χ1) is 10.4. The molecule has 0 saturated carbocycles. The smallest absolute Gasteiger partial charge is 0.257 e. The topological polar surface area (TPSA) is 68.8 Å². The van der Waals surface area contributed by atoms with E-state index in [1.165, 1.54) is 6.33 Å². The summed E-state index contributed by atoms with van der Waals surface area (Å²) in [5.41, 5.74) is 0.526. The zero-order chi connectivity index (χ0) is 15.7. The molecule has 1 atom stereocenters. The number of carbonyl (C=O) groups excluding carboxylic acids is 1.